The molecule has 1 unspecified atom stereocenters. The molecular weight excluding hydrogens is 124 g/mol. The topological polar surface area (TPSA) is 24.4 Å². The van der Waals surface area contributed by atoms with Crippen molar-refractivity contribution in [3.8, 4) is 0 Å². The third-order valence-corrected chi connectivity index (χ3v) is 1.62. The van der Waals surface area contributed by atoms with Gasteiger partial charge in [0.05, 0.1) is 5.84 Å². The molecule has 0 aromatic heterocycles. The Balaban J connectivity index is 2.30. The van der Waals surface area contributed by atoms with Crippen molar-refractivity contribution >= 4 is 5.84 Å². The lowest BCUT2D eigenvalue weighted by Gasteiger charge is -2.08. The second-order valence-corrected chi connectivity index (χ2v) is 2.60. The van der Waals surface area contributed by atoms with E-state index in [2.05, 4.69) is 23.8 Å². The van der Waals surface area contributed by atoms with E-state index in [1.165, 1.54) is 6.42 Å². The number of rotatable bonds is 2. The fourth-order valence-corrected chi connectivity index (χ4v) is 0.979. The molecular formula is C8H14N2. The van der Waals surface area contributed by atoms with Crippen molar-refractivity contribution in [1.82, 2.24) is 5.32 Å². The zero-order valence-corrected chi connectivity index (χ0v) is 6.43. The Morgan fingerprint density at radius 1 is 1.80 bits per heavy atom. The molecule has 0 radical (unpaired) electrons. The quantitative estimate of drug-likeness (QED) is 0.572. The van der Waals surface area contributed by atoms with Crippen LogP contribution in [0.5, 0.6) is 0 Å². The number of hydrogen-bond donors (Lipinski definition) is 1. The summed E-state index contributed by atoms with van der Waals surface area (Å²) in [6.45, 7) is 6.75. The Morgan fingerprint density at radius 3 is 3.10 bits per heavy atom. The largest absolute Gasteiger partial charge is 0.368 e. The van der Waals surface area contributed by atoms with Crippen molar-refractivity contribution in [3.05, 3.63) is 12.7 Å². The Bertz CT molecular complexity index is 149. The van der Waals surface area contributed by atoms with Gasteiger partial charge in [-0.05, 0) is 13.3 Å². The lowest BCUT2D eigenvalue weighted by atomic mass is 10.3. The number of amidine groups is 1. The average molecular weight is 138 g/mol. The Labute approximate surface area is 62.0 Å². The van der Waals surface area contributed by atoms with Gasteiger partial charge in [-0.3, -0.25) is 4.99 Å². The molecule has 0 aliphatic carbocycles. The highest BCUT2D eigenvalue weighted by molar-refractivity contribution is 5.83. The summed E-state index contributed by atoms with van der Waals surface area (Å²) in [4.78, 5) is 4.28. The molecule has 1 rings (SSSR count). The van der Waals surface area contributed by atoms with Crippen LogP contribution in [-0.2, 0) is 0 Å². The minimum Gasteiger partial charge on any atom is -0.368 e. The van der Waals surface area contributed by atoms with Gasteiger partial charge in [0.15, 0.2) is 0 Å². The molecule has 0 saturated carbocycles. The molecule has 1 aliphatic rings. The van der Waals surface area contributed by atoms with E-state index in [1.54, 1.807) is 0 Å². The van der Waals surface area contributed by atoms with Crippen molar-refractivity contribution in [1.29, 1.82) is 0 Å². The highest BCUT2D eigenvalue weighted by Crippen LogP contribution is 2.01. The first-order chi connectivity index (χ1) is 4.83. The maximum Gasteiger partial charge on any atom is 0.0968 e. The first kappa shape index (κ1) is 7.32. The van der Waals surface area contributed by atoms with Gasteiger partial charge in [-0.2, -0.15) is 0 Å². The highest BCUT2D eigenvalue weighted by atomic mass is 15.0. The maximum atomic E-state index is 4.28. The van der Waals surface area contributed by atoms with Crippen LogP contribution in [0.25, 0.3) is 0 Å². The van der Waals surface area contributed by atoms with E-state index in [4.69, 9.17) is 0 Å². The third-order valence-electron chi connectivity index (χ3n) is 1.62. The summed E-state index contributed by atoms with van der Waals surface area (Å²) in [6.07, 6.45) is 4.20. The second-order valence-electron chi connectivity index (χ2n) is 2.60. The smallest absolute Gasteiger partial charge is 0.0968 e. The monoisotopic (exact) mass is 138 g/mol. The maximum absolute atomic E-state index is 4.28. The number of nitrogens with one attached hydrogen (secondary N) is 1. The predicted octanol–water partition coefficient (Wildman–Crippen LogP) is 1.34. The van der Waals surface area contributed by atoms with Gasteiger partial charge in [0.1, 0.15) is 0 Å². The molecule has 1 N–H and O–H groups in total. The lowest BCUT2D eigenvalue weighted by molar-refractivity contribution is 0.795. The van der Waals surface area contributed by atoms with Crippen LogP contribution < -0.4 is 5.32 Å². The lowest BCUT2D eigenvalue weighted by Crippen LogP contribution is -2.29. The van der Waals surface area contributed by atoms with Crippen LogP contribution in [0.15, 0.2) is 17.6 Å². The van der Waals surface area contributed by atoms with E-state index in [-0.39, 0.29) is 0 Å². The van der Waals surface area contributed by atoms with Crippen molar-refractivity contribution in [2.75, 3.05) is 6.54 Å². The van der Waals surface area contributed by atoms with Crippen LogP contribution in [0.3, 0.4) is 0 Å². The van der Waals surface area contributed by atoms with Crippen molar-refractivity contribution in [2.24, 2.45) is 4.99 Å². The molecule has 0 aromatic rings. The van der Waals surface area contributed by atoms with Gasteiger partial charge in [-0.15, -0.1) is 6.58 Å². The van der Waals surface area contributed by atoms with E-state index in [9.17, 15) is 0 Å². The van der Waals surface area contributed by atoms with Gasteiger partial charge >= 0.3 is 0 Å². The molecule has 0 aromatic carbocycles. The third kappa shape index (κ3) is 1.87. The summed E-state index contributed by atoms with van der Waals surface area (Å²) in [5.74, 6) is 1.15. The molecule has 0 spiro atoms. The number of hydrogen-bond acceptors (Lipinski definition) is 2. The molecule has 0 amide bonds. The van der Waals surface area contributed by atoms with Gasteiger partial charge in [-0.1, -0.05) is 6.08 Å². The fourth-order valence-electron chi connectivity index (χ4n) is 0.979. The molecule has 56 valence electrons. The molecule has 1 atom stereocenters. The van der Waals surface area contributed by atoms with Gasteiger partial charge < -0.3 is 5.32 Å². The van der Waals surface area contributed by atoms with Gasteiger partial charge in [0.25, 0.3) is 0 Å². The standard InChI is InChI=1S/C8H14N2/c1-3-7(2)10-8-5-4-6-9-8/h3,7H,1,4-6H2,2H3,(H,9,10). The SMILES string of the molecule is C=CC(C)NC1=NCCC1. The minimum atomic E-state index is 0.358. The van der Waals surface area contributed by atoms with Crippen molar-refractivity contribution in [2.45, 2.75) is 25.8 Å². The first-order valence-corrected chi connectivity index (χ1v) is 3.75. The fraction of sp³-hybridized carbons (Fsp3) is 0.625. The molecule has 0 bridgehead atoms. The molecule has 0 fully saturated rings. The Morgan fingerprint density at radius 2 is 2.60 bits per heavy atom. The summed E-state index contributed by atoms with van der Waals surface area (Å²) >= 11 is 0. The number of nitrogens with zero attached hydrogens (tertiary/aromatic N) is 1. The van der Waals surface area contributed by atoms with Crippen LogP contribution in [-0.4, -0.2) is 18.4 Å². The Kier molecular flexibility index (Phi) is 2.49. The Hall–Kier alpha value is -0.790. The molecule has 1 aliphatic heterocycles. The highest BCUT2D eigenvalue weighted by Gasteiger charge is 2.06. The van der Waals surface area contributed by atoms with Gasteiger partial charge in [-0.25, -0.2) is 0 Å². The summed E-state index contributed by atoms with van der Waals surface area (Å²) in [5, 5.41) is 3.26. The zero-order valence-electron chi connectivity index (χ0n) is 6.43. The van der Waals surface area contributed by atoms with E-state index < -0.39 is 0 Å². The normalized spacial score (nSPS) is 19.9. The molecule has 2 nitrogen and oxygen atoms in total. The van der Waals surface area contributed by atoms with E-state index >= 15 is 0 Å². The summed E-state index contributed by atoms with van der Waals surface area (Å²) in [5.41, 5.74) is 0. The van der Waals surface area contributed by atoms with Crippen LogP contribution >= 0.6 is 0 Å². The van der Waals surface area contributed by atoms with Gasteiger partial charge in [0, 0.05) is 19.0 Å². The van der Waals surface area contributed by atoms with E-state index in [0.717, 1.165) is 18.8 Å². The number of aliphatic imine (C=N–C) groups is 1. The van der Waals surface area contributed by atoms with Crippen LogP contribution in [0.1, 0.15) is 19.8 Å². The molecule has 2 heteroatoms. The van der Waals surface area contributed by atoms with Crippen LogP contribution in [0.4, 0.5) is 0 Å². The van der Waals surface area contributed by atoms with Crippen molar-refractivity contribution < 1.29 is 0 Å². The molecule has 10 heavy (non-hydrogen) atoms. The summed E-state index contributed by atoms with van der Waals surface area (Å²) < 4.78 is 0. The molecule has 1 heterocycles. The van der Waals surface area contributed by atoms with E-state index in [0.29, 0.717) is 6.04 Å². The zero-order chi connectivity index (χ0) is 7.40. The summed E-state index contributed by atoms with van der Waals surface area (Å²) in [6, 6.07) is 0.358. The van der Waals surface area contributed by atoms with Crippen LogP contribution in [0.2, 0.25) is 0 Å². The molecule has 0 saturated heterocycles. The average Bonchev–Trinajstić information content (AvgIpc) is 2.40. The summed E-state index contributed by atoms with van der Waals surface area (Å²) in [7, 11) is 0. The second kappa shape index (κ2) is 3.40. The minimum absolute atomic E-state index is 0.358. The van der Waals surface area contributed by atoms with Crippen molar-refractivity contribution in [3.63, 3.8) is 0 Å². The first-order valence-electron chi connectivity index (χ1n) is 3.75. The van der Waals surface area contributed by atoms with Crippen LogP contribution in [0, 0.1) is 0 Å². The van der Waals surface area contributed by atoms with Gasteiger partial charge in [0.2, 0.25) is 0 Å². The van der Waals surface area contributed by atoms with E-state index in [1.807, 2.05) is 6.08 Å². The predicted molar refractivity (Wildman–Crippen MR) is 44.3 cm³/mol.